The van der Waals surface area contributed by atoms with Gasteiger partial charge in [0.25, 0.3) is 0 Å². The maximum Gasteiger partial charge on any atom is 0.220 e. The highest BCUT2D eigenvalue weighted by atomic mass is 32.2. The summed E-state index contributed by atoms with van der Waals surface area (Å²) >= 11 is 0. The molecule has 0 aromatic carbocycles. The number of hydrogen-bond donors (Lipinski definition) is 2. The third-order valence-corrected chi connectivity index (χ3v) is 2.88. The van der Waals surface area contributed by atoms with Crippen LogP contribution in [0.3, 0.4) is 0 Å². The van der Waals surface area contributed by atoms with Crippen LogP contribution in [0.5, 0.6) is 0 Å². The minimum absolute atomic E-state index is 0.00403. The molecule has 1 amide bonds. The Kier molecular flexibility index (Phi) is 1.92. The van der Waals surface area contributed by atoms with Gasteiger partial charge < -0.3 is 4.90 Å². The van der Waals surface area contributed by atoms with Crippen LogP contribution in [0.25, 0.3) is 0 Å². The van der Waals surface area contributed by atoms with E-state index >= 15 is 0 Å². The molecule has 1 heterocycles. The summed E-state index contributed by atoms with van der Waals surface area (Å²) in [7, 11) is -1.87. The predicted octanol–water partition coefficient (Wildman–Crippen LogP) is -0.149. The lowest BCUT2D eigenvalue weighted by atomic mass is 10.2. The summed E-state index contributed by atoms with van der Waals surface area (Å²) in [4.78, 5) is 12.4. The van der Waals surface area contributed by atoms with Gasteiger partial charge in [-0.1, -0.05) is 0 Å². The van der Waals surface area contributed by atoms with Crippen molar-refractivity contribution in [3.05, 3.63) is 0 Å². The van der Waals surface area contributed by atoms with Crippen molar-refractivity contribution in [3.63, 3.8) is 0 Å². The minimum Gasteiger partial charge on any atom is -0.332 e. The average molecular weight is 176 g/mol. The number of hydrogen-bond acceptors (Lipinski definition) is 3. The molecule has 2 atom stereocenters. The van der Waals surface area contributed by atoms with Gasteiger partial charge >= 0.3 is 0 Å². The molecule has 0 aromatic rings. The van der Waals surface area contributed by atoms with Gasteiger partial charge in [-0.2, -0.15) is 0 Å². The number of amides is 1. The van der Waals surface area contributed by atoms with Crippen LogP contribution in [0.15, 0.2) is 0 Å². The van der Waals surface area contributed by atoms with Gasteiger partial charge in [0.05, 0.1) is 11.3 Å². The molecule has 1 rings (SSSR count). The number of thiol groups is 1. The number of carbonyl (C=O) groups is 1. The standard InChI is InChI=1S/C6H12N2O2S/c1-5(9)8-3-6(8,2)4-11(7)10/h7,11H,3-4H2,1-2H3. The predicted molar refractivity (Wildman–Crippen MR) is 42.9 cm³/mol. The summed E-state index contributed by atoms with van der Waals surface area (Å²) < 4.78 is 17.4. The summed E-state index contributed by atoms with van der Waals surface area (Å²) in [5.74, 6) is 0.311. The molecule has 2 unspecified atom stereocenters. The maximum absolute atomic E-state index is 10.8. The minimum atomic E-state index is -1.87. The molecule has 4 nitrogen and oxygen atoms in total. The number of nitrogens with zero attached hydrogens (tertiary/aromatic N) is 1. The van der Waals surface area contributed by atoms with Crippen LogP contribution in [0.2, 0.25) is 0 Å². The molecule has 1 fully saturated rings. The fraction of sp³-hybridized carbons (Fsp3) is 0.833. The summed E-state index contributed by atoms with van der Waals surface area (Å²) in [6.07, 6.45) is 0. The van der Waals surface area contributed by atoms with Crippen molar-refractivity contribution >= 4 is 16.5 Å². The van der Waals surface area contributed by atoms with Crippen LogP contribution in [-0.2, 0) is 15.4 Å². The molecule has 5 heteroatoms. The second kappa shape index (κ2) is 2.48. The zero-order valence-corrected chi connectivity index (χ0v) is 7.52. The molecule has 0 aromatic heterocycles. The Morgan fingerprint density at radius 1 is 1.82 bits per heavy atom. The fourth-order valence-corrected chi connectivity index (χ4v) is 2.13. The molecule has 1 aliphatic heterocycles. The lowest BCUT2D eigenvalue weighted by molar-refractivity contribution is -0.124. The van der Waals surface area contributed by atoms with E-state index in [0.29, 0.717) is 12.3 Å². The molecule has 1 saturated heterocycles. The SMILES string of the molecule is CC(=O)N1CC1(C)C[SH](=N)=O. The van der Waals surface area contributed by atoms with Crippen molar-refractivity contribution in [1.82, 2.24) is 4.90 Å². The van der Waals surface area contributed by atoms with Gasteiger partial charge in [-0.25, -0.2) is 0 Å². The topological polar surface area (TPSA) is 61.0 Å². The van der Waals surface area contributed by atoms with Crippen LogP contribution in [-0.4, -0.2) is 32.9 Å². The number of rotatable bonds is 2. The molecule has 0 aliphatic carbocycles. The van der Waals surface area contributed by atoms with E-state index in [1.807, 2.05) is 6.92 Å². The van der Waals surface area contributed by atoms with Crippen LogP contribution < -0.4 is 0 Å². The van der Waals surface area contributed by atoms with E-state index in [4.69, 9.17) is 4.78 Å². The number of nitrogens with one attached hydrogen (secondary N) is 1. The zero-order valence-electron chi connectivity index (χ0n) is 6.63. The van der Waals surface area contributed by atoms with E-state index in [1.165, 1.54) is 6.92 Å². The first kappa shape index (κ1) is 8.52. The van der Waals surface area contributed by atoms with E-state index < -0.39 is 10.6 Å². The van der Waals surface area contributed by atoms with Gasteiger partial charge in [0, 0.05) is 24.1 Å². The van der Waals surface area contributed by atoms with Gasteiger partial charge in [-0.15, -0.1) is 0 Å². The first-order chi connectivity index (χ1) is 4.96. The third kappa shape index (κ3) is 1.71. The quantitative estimate of drug-likeness (QED) is 0.454. The van der Waals surface area contributed by atoms with Gasteiger partial charge in [-0.3, -0.25) is 13.8 Å². The van der Waals surface area contributed by atoms with E-state index in [1.54, 1.807) is 4.90 Å². The van der Waals surface area contributed by atoms with Gasteiger partial charge in [0.2, 0.25) is 5.91 Å². The normalized spacial score (nSPS) is 31.6. The summed E-state index contributed by atoms with van der Waals surface area (Å²) in [5.41, 5.74) is -0.277. The molecule has 11 heavy (non-hydrogen) atoms. The van der Waals surface area contributed by atoms with Crippen molar-refractivity contribution in [2.45, 2.75) is 19.4 Å². The Morgan fingerprint density at radius 3 is 2.64 bits per heavy atom. The van der Waals surface area contributed by atoms with E-state index in [0.717, 1.165) is 0 Å². The highest BCUT2D eigenvalue weighted by Gasteiger charge is 2.49. The van der Waals surface area contributed by atoms with E-state index in [9.17, 15) is 9.00 Å². The van der Waals surface area contributed by atoms with Gasteiger partial charge in [0.1, 0.15) is 0 Å². The van der Waals surface area contributed by atoms with E-state index in [-0.39, 0.29) is 11.4 Å². The lowest BCUT2D eigenvalue weighted by Gasteiger charge is -2.05. The summed E-state index contributed by atoms with van der Waals surface area (Å²) in [5, 5.41) is 0. The first-order valence-electron chi connectivity index (χ1n) is 3.40. The highest BCUT2D eigenvalue weighted by Crippen LogP contribution is 2.31. The molecule has 0 saturated carbocycles. The fourth-order valence-electron chi connectivity index (χ4n) is 1.24. The van der Waals surface area contributed by atoms with Crippen molar-refractivity contribution in [1.29, 1.82) is 4.78 Å². The Hall–Kier alpha value is -0.580. The Balaban J connectivity index is 2.56. The number of carbonyl (C=O) groups excluding carboxylic acids is 1. The van der Waals surface area contributed by atoms with Crippen molar-refractivity contribution in [3.8, 4) is 0 Å². The van der Waals surface area contributed by atoms with E-state index in [2.05, 4.69) is 0 Å². The average Bonchev–Trinajstić information content (AvgIpc) is 2.39. The molecular formula is C6H12N2O2S. The second-order valence-corrected chi connectivity index (χ2v) is 4.21. The Bertz CT molecular complexity index is 253. The summed E-state index contributed by atoms with van der Waals surface area (Å²) in [6, 6.07) is 0. The molecule has 64 valence electrons. The first-order valence-corrected chi connectivity index (χ1v) is 4.84. The molecule has 1 aliphatic rings. The lowest BCUT2D eigenvalue weighted by Crippen LogP contribution is -2.22. The van der Waals surface area contributed by atoms with Gasteiger partial charge in [-0.05, 0) is 6.92 Å². The monoisotopic (exact) mass is 176 g/mol. The van der Waals surface area contributed by atoms with Crippen LogP contribution in [0.1, 0.15) is 13.8 Å². The second-order valence-electron chi connectivity index (χ2n) is 3.14. The van der Waals surface area contributed by atoms with Crippen LogP contribution >= 0.6 is 0 Å². The zero-order chi connectivity index (χ0) is 8.65. The summed E-state index contributed by atoms with van der Waals surface area (Å²) in [6.45, 7) is 4.00. The van der Waals surface area contributed by atoms with Crippen molar-refractivity contribution in [2.24, 2.45) is 0 Å². The molecule has 0 radical (unpaired) electrons. The molecule has 1 N–H and O–H groups in total. The van der Waals surface area contributed by atoms with Crippen LogP contribution in [0.4, 0.5) is 0 Å². The largest absolute Gasteiger partial charge is 0.332 e. The molecule has 0 spiro atoms. The molecule has 0 bridgehead atoms. The molecular weight excluding hydrogens is 164 g/mol. The third-order valence-electron chi connectivity index (χ3n) is 1.91. The van der Waals surface area contributed by atoms with Gasteiger partial charge in [0.15, 0.2) is 0 Å². The Morgan fingerprint density at radius 2 is 2.36 bits per heavy atom. The van der Waals surface area contributed by atoms with Crippen molar-refractivity contribution < 1.29 is 9.00 Å². The maximum atomic E-state index is 10.8. The smallest absolute Gasteiger partial charge is 0.220 e. The van der Waals surface area contributed by atoms with Crippen LogP contribution in [0, 0.1) is 4.78 Å². The highest BCUT2D eigenvalue weighted by molar-refractivity contribution is 7.73. The Labute approximate surface area is 67.6 Å². The van der Waals surface area contributed by atoms with Crippen molar-refractivity contribution in [2.75, 3.05) is 12.3 Å².